The van der Waals surface area contributed by atoms with Crippen molar-refractivity contribution < 1.29 is 9.94 Å². The Morgan fingerprint density at radius 1 is 0.967 bits per heavy atom. The Kier molecular flexibility index (Phi) is 6.26. The van der Waals surface area contributed by atoms with Gasteiger partial charge in [-0.3, -0.25) is 0 Å². The first-order chi connectivity index (χ1) is 14.6. The number of oxime groups is 1. The largest absolute Gasteiger partial charge is 0.437 e. The highest BCUT2D eigenvalue weighted by Crippen LogP contribution is 2.31. The Balaban J connectivity index is 1.42. The van der Waals surface area contributed by atoms with E-state index in [0.29, 0.717) is 33.1 Å². The fourth-order valence-corrected chi connectivity index (χ4v) is 3.68. The number of hydrogen-bond donors (Lipinski definition) is 1. The molecule has 30 heavy (non-hydrogen) atoms. The van der Waals surface area contributed by atoms with Crippen LogP contribution in [0.3, 0.4) is 0 Å². The number of anilines is 1. The van der Waals surface area contributed by atoms with Crippen LogP contribution in [0.25, 0.3) is 0 Å². The zero-order valence-corrected chi connectivity index (χ0v) is 17.6. The first kappa shape index (κ1) is 20.3. The molecular weight excluding hydrogens is 423 g/mol. The zero-order chi connectivity index (χ0) is 20.9. The highest BCUT2D eigenvalue weighted by Gasteiger charge is 2.22. The van der Waals surface area contributed by atoms with E-state index in [1.165, 1.54) is 5.69 Å². The number of para-hydroxylation sites is 1. The lowest BCUT2D eigenvalue weighted by Crippen LogP contribution is -2.49. The van der Waals surface area contributed by atoms with E-state index in [1.54, 1.807) is 36.5 Å². The quantitative estimate of drug-likeness (QED) is 0.262. The maximum Gasteiger partial charge on any atom is 0.219 e. The van der Waals surface area contributed by atoms with Gasteiger partial charge in [0.05, 0.1) is 5.02 Å². The first-order valence-electron chi connectivity index (χ1n) is 9.50. The third kappa shape index (κ3) is 4.61. The Morgan fingerprint density at radius 3 is 2.40 bits per heavy atom. The maximum absolute atomic E-state index is 9.63. The number of aromatic nitrogens is 1. The van der Waals surface area contributed by atoms with Gasteiger partial charge in [0, 0.05) is 60.8 Å². The third-order valence-corrected chi connectivity index (χ3v) is 5.44. The molecule has 0 unspecified atom stereocenters. The minimum absolute atomic E-state index is 0.370. The molecule has 1 aliphatic rings. The maximum atomic E-state index is 9.63. The van der Waals surface area contributed by atoms with Gasteiger partial charge >= 0.3 is 0 Å². The third-order valence-electron chi connectivity index (χ3n) is 4.90. The van der Waals surface area contributed by atoms with Gasteiger partial charge in [0.1, 0.15) is 5.75 Å². The fraction of sp³-hybridized carbons (Fsp3) is 0.182. The minimum atomic E-state index is 0.370. The highest BCUT2D eigenvalue weighted by atomic mass is 35.5. The predicted octanol–water partition coefficient (Wildman–Crippen LogP) is 5.14. The van der Waals surface area contributed by atoms with Crippen LogP contribution >= 0.6 is 23.2 Å². The first-order valence-corrected chi connectivity index (χ1v) is 10.3. The van der Waals surface area contributed by atoms with Crippen molar-refractivity contribution in [3.8, 4) is 11.6 Å². The number of rotatable bonds is 4. The molecule has 0 radical (unpaired) electrons. The lowest BCUT2D eigenvalue weighted by molar-refractivity contribution is 0.296. The lowest BCUT2D eigenvalue weighted by atomic mass is 10.2. The molecule has 0 bridgehead atoms. The van der Waals surface area contributed by atoms with Gasteiger partial charge in [-0.2, -0.15) is 0 Å². The van der Waals surface area contributed by atoms with Crippen molar-refractivity contribution in [1.29, 1.82) is 0 Å². The molecule has 8 heteroatoms. The zero-order valence-electron chi connectivity index (χ0n) is 16.1. The molecule has 3 aromatic rings. The number of piperazine rings is 1. The van der Waals surface area contributed by atoms with Gasteiger partial charge in [-0.05, 0) is 30.3 Å². The molecule has 154 valence electrons. The van der Waals surface area contributed by atoms with Crippen LogP contribution in [0.4, 0.5) is 5.69 Å². The molecule has 0 atom stereocenters. The van der Waals surface area contributed by atoms with Gasteiger partial charge in [0.2, 0.25) is 5.88 Å². The van der Waals surface area contributed by atoms with E-state index < -0.39 is 0 Å². The van der Waals surface area contributed by atoms with Gasteiger partial charge in [0.15, 0.2) is 5.84 Å². The van der Waals surface area contributed by atoms with E-state index in [1.807, 2.05) is 23.1 Å². The van der Waals surface area contributed by atoms with Gasteiger partial charge in [-0.25, -0.2) is 4.98 Å². The molecule has 1 aliphatic heterocycles. The molecule has 1 aromatic heterocycles. The van der Waals surface area contributed by atoms with E-state index in [9.17, 15) is 5.21 Å². The molecule has 1 N–H and O–H groups in total. The second-order valence-corrected chi connectivity index (χ2v) is 7.64. The normalized spacial score (nSPS) is 14.7. The van der Waals surface area contributed by atoms with Crippen LogP contribution < -0.4 is 9.64 Å². The number of pyridine rings is 1. The van der Waals surface area contributed by atoms with Gasteiger partial charge in [-0.1, -0.05) is 46.6 Å². The average molecular weight is 443 g/mol. The minimum Gasteiger partial charge on any atom is -0.437 e. The Morgan fingerprint density at radius 2 is 1.73 bits per heavy atom. The summed E-state index contributed by atoms with van der Waals surface area (Å²) in [6, 6.07) is 18.8. The average Bonchev–Trinajstić information content (AvgIpc) is 2.79. The van der Waals surface area contributed by atoms with Gasteiger partial charge < -0.3 is 19.7 Å². The van der Waals surface area contributed by atoms with Crippen LogP contribution in [0.2, 0.25) is 10.0 Å². The predicted molar refractivity (Wildman–Crippen MR) is 119 cm³/mol. The van der Waals surface area contributed by atoms with Crippen LogP contribution in [-0.4, -0.2) is 47.1 Å². The summed E-state index contributed by atoms with van der Waals surface area (Å²) < 4.78 is 5.72. The molecule has 0 saturated carbocycles. The van der Waals surface area contributed by atoms with Crippen LogP contribution in [0, 0.1) is 0 Å². The molecule has 1 fully saturated rings. The van der Waals surface area contributed by atoms with Crippen LogP contribution in [0.15, 0.2) is 72.0 Å². The van der Waals surface area contributed by atoms with Gasteiger partial charge in [-0.15, -0.1) is 0 Å². The number of halogens is 2. The second kappa shape index (κ2) is 9.24. The molecular formula is C22H20Cl2N4O2. The number of ether oxygens (including phenoxy) is 1. The van der Waals surface area contributed by atoms with Crippen molar-refractivity contribution in [2.45, 2.75) is 0 Å². The number of nitrogens with zero attached hydrogens (tertiary/aromatic N) is 4. The molecule has 0 amide bonds. The lowest BCUT2D eigenvalue weighted by Gasteiger charge is -2.37. The van der Waals surface area contributed by atoms with E-state index >= 15 is 0 Å². The topological polar surface area (TPSA) is 61.2 Å². The number of benzene rings is 2. The monoisotopic (exact) mass is 442 g/mol. The Labute approximate surface area is 184 Å². The molecule has 0 aliphatic carbocycles. The molecule has 2 heterocycles. The summed E-state index contributed by atoms with van der Waals surface area (Å²) in [6.45, 7) is 3.16. The molecule has 1 saturated heterocycles. The van der Waals surface area contributed by atoms with Crippen LogP contribution in [0.5, 0.6) is 11.6 Å². The van der Waals surface area contributed by atoms with Crippen molar-refractivity contribution in [3.05, 3.63) is 82.5 Å². The highest BCUT2D eigenvalue weighted by molar-refractivity contribution is 6.34. The number of amidine groups is 1. The molecule has 6 nitrogen and oxygen atoms in total. The summed E-state index contributed by atoms with van der Waals surface area (Å²) in [4.78, 5) is 8.68. The molecule has 0 spiro atoms. The summed E-state index contributed by atoms with van der Waals surface area (Å²) in [5, 5.41) is 14.1. The van der Waals surface area contributed by atoms with Crippen molar-refractivity contribution in [3.63, 3.8) is 0 Å². The van der Waals surface area contributed by atoms with Crippen molar-refractivity contribution in [1.82, 2.24) is 9.88 Å². The SMILES string of the molecule is O/N=C(/c1ccc(Oc2cc(Cl)ccc2Cl)nc1)N1CCN(c2ccccc2)CC1. The standard InChI is InChI=1S/C22H20Cl2N4O2/c23-17-7-8-19(24)20(14-17)30-21-9-6-16(15-25-21)22(26-29)28-12-10-27(11-13-28)18-4-2-1-3-5-18/h1-9,14-15,29H,10-13H2/b26-22-. The number of hydrogen-bond acceptors (Lipinski definition) is 5. The summed E-state index contributed by atoms with van der Waals surface area (Å²) in [6.07, 6.45) is 1.62. The molecule has 4 rings (SSSR count). The van der Waals surface area contributed by atoms with Crippen molar-refractivity contribution in [2.24, 2.45) is 5.16 Å². The summed E-state index contributed by atoms with van der Waals surface area (Å²) in [7, 11) is 0. The molecule has 2 aromatic carbocycles. The fourth-order valence-electron chi connectivity index (χ4n) is 3.36. The smallest absolute Gasteiger partial charge is 0.219 e. The summed E-state index contributed by atoms with van der Waals surface area (Å²) in [5.41, 5.74) is 1.90. The van der Waals surface area contributed by atoms with Crippen LogP contribution in [-0.2, 0) is 0 Å². The summed E-state index contributed by atoms with van der Waals surface area (Å²) in [5.74, 6) is 1.29. The van der Waals surface area contributed by atoms with E-state index in [-0.39, 0.29) is 0 Å². The van der Waals surface area contributed by atoms with E-state index in [4.69, 9.17) is 27.9 Å². The van der Waals surface area contributed by atoms with Crippen molar-refractivity contribution in [2.75, 3.05) is 31.1 Å². The Hall–Kier alpha value is -2.96. The summed E-state index contributed by atoms with van der Waals surface area (Å²) >= 11 is 12.1. The Bertz CT molecular complexity index is 1020. The van der Waals surface area contributed by atoms with Gasteiger partial charge in [0.25, 0.3) is 0 Å². The van der Waals surface area contributed by atoms with Crippen LogP contribution in [0.1, 0.15) is 5.56 Å². The van der Waals surface area contributed by atoms with Crippen molar-refractivity contribution >= 4 is 34.7 Å². The second-order valence-electron chi connectivity index (χ2n) is 6.80. The van der Waals surface area contributed by atoms with E-state index in [0.717, 1.165) is 26.2 Å². The van der Waals surface area contributed by atoms with E-state index in [2.05, 4.69) is 27.2 Å².